The molecular weight excluding hydrogens is 278 g/mol. The van der Waals surface area contributed by atoms with Gasteiger partial charge in [-0.3, -0.25) is 0 Å². The number of thiophene rings is 1. The third kappa shape index (κ3) is 2.33. The molecule has 0 saturated carbocycles. The number of fused-ring (bicyclic) bond motifs is 2. The predicted molar refractivity (Wildman–Crippen MR) is 90.4 cm³/mol. The van der Waals surface area contributed by atoms with Crippen LogP contribution < -0.4 is 5.32 Å². The number of para-hydroxylation sites is 2. The third-order valence-electron chi connectivity index (χ3n) is 4.13. The molecule has 4 heteroatoms. The Morgan fingerprint density at radius 2 is 1.95 bits per heavy atom. The van der Waals surface area contributed by atoms with Crippen molar-refractivity contribution in [1.29, 1.82) is 0 Å². The molecule has 1 fully saturated rings. The molecule has 1 aromatic heterocycles. The fourth-order valence-electron chi connectivity index (χ4n) is 3.09. The number of aryl methyl sites for hydroxylation is 1. The Balaban J connectivity index is 1.86. The highest BCUT2D eigenvalue weighted by molar-refractivity contribution is 7.16. The zero-order valence-corrected chi connectivity index (χ0v) is 13.0. The highest BCUT2D eigenvalue weighted by Gasteiger charge is 2.24. The molecule has 0 bridgehead atoms. The van der Waals surface area contributed by atoms with Crippen LogP contribution in [-0.4, -0.2) is 23.8 Å². The summed E-state index contributed by atoms with van der Waals surface area (Å²) in [7, 11) is 0. The van der Waals surface area contributed by atoms with E-state index < -0.39 is 0 Å². The van der Waals surface area contributed by atoms with Gasteiger partial charge in [0, 0.05) is 18.0 Å². The molecule has 2 aliphatic rings. The Morgan fingerprint density at radius 1 is 1.14 bits per heavy atom. The van der Waals surface area contributed by atoms with Gasteiger partial charge in [-0.1, -0.05) is 12.1 Å². The molecule has 0 spiro atoms. The van der Waals surface area contributed by atoms with E-state index in [4.69, 9.17) is 4.99 Å². The summed E-state index contributed by atoms with van der Waals surface area (Å²) >= 11 is 1.82. The normalized spacial score (nSPS) is 17.4. The van der Waals surface area contributed by atoms with Gasteiger partial charge in [-0.15, -0.1) is 11.3 Å². The minimum atomic E-state index is 1.04. The van der Waals surface area contributed by atoms with E-state index in [2.05, 4.69) is 47.5 Å². The van der Waals surface area contributed by atoms with Crippen LogP contribution in [0.3, 0.4) is 0 Å². The van der Waals surface area contributed by atoms with Crippen LogP contribution in [-0.2, 0) is 0 Å². The number of aliphatic imine (C=N–C) groups is 1. The van der Waals surface area contributed by atoms with Crippen molar-refractivity contribution < 1.29 is 0 Å². The molecule has 3 heterocycles. The molecule has 0 aliphatic carbocycles. The first-order chi connectivity index (χ1) is 10.3. The van der Waals surface area contributed by atoms with Crippen molar-refractivity contribution in [2.75, 3.05) is 18.4 Å². The molecule has 1 aromatic carbocycles. The van der Waals surface area contributed by atoms with Crippen LogP contribution in [0.1, 0.15) is 29.7 Å². The molecule has 21 heavy (non-hydrogen) atoms. The van der Waals surface area contributed by atoms with E-state index in [0.717, 1.165) is 30.3 Å². The largest absolute Gasteiger partial charge is 0.356 e. The van der Waals surface area contributed by atoms with E-state index in [9.17, 15) is 0 Å². The summed E-state index contributed by atoms with van der Waals surface area (Å²) in [5.41, 5.74) is 3.40. The Kier molecular flexibility index (Phi) is 3.19. The number of rotatable bonds is 0. The predicted octanol–water partition coefficient (Wildman–Crippen LogP) is 4.68. The molecular formula is C17H19N3S. The van der Waals surface area contributed by atoms with E-state index in [0.29, 0.717) is 0 Å². The number of anilines is 2. The van der Waals surface area contributed by atoms with Gasteiger partial charge < -0.3 is 10.2 Å². The first-order valence-electron chi connectivity index (χ1n) is 7.62. The third-order valence-corrected chi connectivity index (χ3v) is 5.10. The van der Waals surface area contributed by atoms with Gasteiger partial charge in [0.2, 0.25) is 0 Å². The Hall–Kier alpha value is -1.81. The Labute approximate surface area is 129 Å². The van der Waals surface area contributed by atoms with E-state index in [1.54, 1.807) is 0 Å². The summed E-state index contributed by atoms with van der Waals surface area (Å²) in [5.74, 6) is 1.14. The standard InChI is InChI=1S/C17H19N3S/c1-12-11-13-16(20-9-5-2-6-10-20)18-14-7-3-4-8-15(14)19-17(13)21-12/h3-4,7-8,11,19H,2,5-6,9-10H2,1H3. The molecule has 1 saturated heterocycles. The first-order valence-corrected chi connectivity index (χ1v) is 8.43. The van der Waals surface area contributed by atoms with E-state index in [-0.39, 0.29) is 0 Å². The molecule has 0 unspecified atom stereocenters. The minimum Gasteiger partial charge on any atom is -0.356 e. The number of hydrogen-bond donors (Lipinski definition) is 1. The van der Waals surface area contributed by atoms with Crippen LogP contribution in [0.2, 0.25) is 0 Å². The number of nitrogens with zero attached hydrogens (tertiary/aromatic N) is 2. The van der Waals surface area contributed by atoms with Crippen LogP contribution in [0.15, 0.2) is 35.3 Å². The maximum Gasteiger partial charge on any atom is 0.139 e. The molecule has 0 atom stereocenters. The molecule has 0 amide bonds. The second-order valence-corrected chi connectivity index (χ2v) is 6.98. The topological polar surface area (TPSA) is 27.6 Å². The zero-order chi connectivity index (χ0) is 14.2. The summed E-state index contributed by atoms with van der Waals surface area (Å²) in [4.78, 5) is 8.79. The molecule has 1 N–H and O–H groups in total. The molecule has 2 aliphatic heterocycles. The summed E-state index contributed by atoms with van der Waals surface area (Å²) in [6.45, 7) is 4.41. The van der Waals surface area contributed by atoms with Crippen LogP contribution in [0.25, 0.3) is 0 Å². The second kappa shape index (κ2) is 5.19. The molecule has 4 rings (SSSR count). The molecule has 108 valence electrons. The fourth-order valence-corrected chi connectivity index (χ4v) is 4.01. The average molecular weight is 297 g/mol. The van der Waals surface area contributed by atoms with E-state index in [1.807, 2.05) is 11.3 Å². The van der Waals surface area contributed by atoms with Gasteiger partial charge in [-0.2, -0.15) is 0 Å². The average Bonchev–Trinajstić information content (AvgIpc) is 2.80. The summed E-state index contributed by atoms with van der Waals surface area (Å²) < 4.78 is 0. The maximum atomic E-state index is 5.00. The van der Waals surface area contributed by atoms with Gasteiger partial charge >= 0.3 is 0 Å². The van der Waals surface area contributed by atoms with E-state index >= 15 is 0 Å². The van der Waals surface area contributed by atoms with Crippen LogP contribution >= 0.6 is 11.3 Å². The van der Waals surface area contributed by atoms with Crippen molar-refractivity contribution in [2.24, 2.45) is 4.99 Å². The number of hydrogen-bond acceptors (Lipinski definition) is 4. The van der Waals surface area contributed by atoms with Gasteiger partial charge in [0.1, 0.15) is 10.8 Å². The number of amidine groups is 1. The number of likely N-dealkylation sites (tertiary alicyclic amines) is 1. The van der Waals surface area contributed by atoms with Gasteiger partial charge in [-0.05, 0) is 44.4 Å². The highest BCUT2D eigenvalue weighted by atomic mass is 32.1. The number of piperidine rings is 1. The van der Waals surface area contributed by atoms with Gasteiger partial charge in [0.05, 0.1) is 16.9 Å². The minimum absolute atomic E-state index is 1.04. The quantitative estimate of drug-likeness (QED) is 0.764. The summed E-state index contributed by atoms with van der Waals surface area (Å²) in [5, 5.41) is 4.79. The molecule has 2 aromatic rings. The summed E-state index contributed by atoms with van der Waals surface area (Å²) in [6, 6.07) is 10.6. The highest BCUT2D eigenvalue weighted by Crippen LogP contribution is 2.39. The zero-order valence-electron chi connectivity index (χ0n) is 12.2. The maximum absolute atomic E-state index is 5.00. The van der Waals surface area contributed by atoms with Crippen molar-refractivity contribution in [3.05, 3.63) is 40.8 Å². The fraction of sp³-hybridized carbons (Fsp3) is 0.353. The lowest BCUT2D eigenvalue weighted by Crippen LogP contribution is -2.36. The van der Waals surface area contributed by atoms with Crippen molar-refractivity contribution in [3.63, 3.8) is 0 Å². The van der Waals surface area contributed by atoms with Gasteiger partial charge in [0.15, 0.2) is 0 Å². The number of benzene rings is 1. The lowest BCUT2D eigenvalue weighted by molar-refractivity contribution is 0.343. The van der Waals surface area contributed by atoms with Crippen molar-refractivity contribution in [3.8, 4) is 0 Å². The lowest BCUT2D eigenvalue weighted by Gasteiger charge is -2.29. The second-order valence-electron chi connectivity index (χ2n) is 5.73. The SMILES string of the molecule is Cc1cc2c(s1)Nc1ccccc1N=C2N1CCCCC1. The Morgan fingerprint density at radius 3 is 2.81 bits per heavy atom. The van der Waals surface area contributed by atoms with Crippen molar-refractivity contribution >= 4 is 33.5 Å². The monoisotopic (exact) mass is 297 g/mol. The summed E-state index contributed by atoms with van der Waals surface area (Å²) in [6.07, 6.45) is 3.88. The smallest absolute Gasteiger partial charge is 0.139 e. The first kappa shape index (κ1) is 12.9. The van der Waals surface area contributed by atoms with Crippen molar-refractivity contribution in [1.82, 2.24) is 4.90 Å². The molecule has 0 radical (unpaired) electrons. The van der Waals surface area contributed by atoms with E-state index in [1.165, 1.54) is 34.7 Å². The van der Waals surface area contributed by atoms with Gasteiger partial charge in [-0.25, -0.2) is 4.99 Å². The number of nitrogens with one attached hydrogen (secondary N) is 1. The van der Waals surface area contributed by atoms with Crippen molar-refractivity contribution in [2.45, 2.75) is 26.2 Å². The molecule has 3 nitrogen and oxygen atoms in total. The van der Waals surface area contributed by atoms with Gasteiger partial charge in [0.25, 0.3) is 0 Å². The van der Waals surface area contributed by atoms with Crippen LogP contribution in [0, 0.1) is 6.92 Å². The Bertz CT molecular complexity index is 696. The lowest BCUT2D eigenvalue weighted by atomic mass is 10.1. The van der Waals surface area contributed by atoms with Crippen LogP contribution in [0.4, 0.5) is 16.4 Å². The van der Waals surface area contributed by atoms with Crippen LogP contribution in [0.5, 0.6) is 0 Å².